The number of anilines is 1. The molecule has 0 spiro atoms. The number of aromatic carboxylic acids is 1. The van der Waals surface area contributed by atoms with Crippen molar-refractivity contribution in [1.29, 1.82) is 0 Å². The van der Waals surface area contributed by atoms with Gasteiger partial charge >= 0.3 is 5.97 Å². The van der Waals surface area contributed by atoms with Crippen LogP contribution in [0.4, 0.5) is 10.1 Å². The number of benzene rings is 1. The van der Waals surface area contributed by atoms with E-state index in [1.807, 2.05) is 0 Å². The number of carboxylic acid groups (broad SMARTS) is 1. The topological polar surface area (TPSA) is 88.4 Å². The maximum atomic E-state index is 13.4. The molecule has 1 aromatic carbocycles. The van der Waals surface area contributed by atoms with E-state index in [9.17, 15) is 17.6 Å². The number of nitrogens with one attached hydrogen (secondary N) is 1. The molecule has 0 aliphatic rings. The van der Waals surface area contributed by atoms with Crippen LogP contribution in [-0.4, -0.2) is 24.1 Å². The van der Waals surface area contributed by atoms with Gasteiger partial charge in [0.2, 0.25) is 0 Å². The summed E-state index contributed by atoms with van der Waals surface area (Å²) in [7, 11) is -2.58. The van der Waals surface area contributed by atoms with Crippen LogP contribution in [0.25, 0.3) is 0 Å². The van der Waals surface area contributed by atoms with Crippen LogP contribution in [0.15, 0.2) is 39.8 Å². The first-order chi connectivity index (χ1) is 9.70. The summed E-state index contributed by atoms with van der Waals surface area (Å²) in [5, 5.41) is 8.91. The van der Waals surface area contributed by atoms with Gasteiger partial charge in [0.1, 0.15) is 16.4 Å². The van der Waals surface area contributed by atoms with Gasteiger partial charge in [-0.2, -0.15) is 0 Å². The van der Waals surface area contributed by atoms with Gasteiger partial charge in [-0.1, -0.05) is 0 Å². The van der Waals surface area contributed by atoms with Crippen LogP contribution in [0.2, 0.25) is 0 Å². The number of hydrogen-bond donors (Lipinski definition) is 2. The molecule has 0 aliphatic heterocycles. The highest BCUT2D eigenvalue weighted by Crippen LogP contribution is 2.22. The number of hydrogen-bond acceptors (Lipinski definition) is 3. The molecular formula is C12H10BrFN2O4S. The van der Waals surface area contributed by atoms with Gasteiger partial charge in [0.05, 0.1) is 10.2 Å². The van der Waals surface area contributed by atoms with Crippen molar-refractivity contribution in [2.24, 2.45) is 7.05 Å². The molecule has 2 rings (SSSR count). The smallest absolute Gasteiger partial charge is 0.352 e. The predicted molar refractivity (Wildman–Crippen MR) is 77.3 cm³/mol. The van der Waals surface area contributed by atoms with Crippen molar-refractivity contribution >= 4 is 37.6 Å². The minimum atomic E-state index is -3.99. The van der Waals surface area contributed by atoms with Crippen LogP contribution in [-0.2, 0) is 17.1 Å². The highest BCUT2D eigenvalue weighted by molar-refractivity contribution is 9.10. The van der Waals surface area contributed by atoms with E-state index in [-0.39, 0.29) is 20.7 Å². The van der Waals surface area contributed by atoms with E-state index < -0.39 is 21.8 Å². The zero-order valence-electron chi connectivity index (χ0n) is 10.7. The van der Waals surface area contributed by atoms with Crippen LogP contribution in [0.5, 0.6) is 0 Å². The standard InChI is InChI=1S/C12H10BrFN2O4S/c1-16-6-8(5-11(16)12(17)18)21(19,20)15-7-2-3-9(13)10(14)4-7/h2-6,15H,1H3,(H,17,18). The maximum absolute atomic E-state index is 13.4. The third kappa shape index (κ3) is 3.24. The van der Waals surface area contributed by atoms with Gasteiger partial charge in [-0.15, -0.1) is 0 Å². The molecule has 2 aromatic rings. The molecule has 9 heteroatoms. The molecule has 0 saturated heterocycles. The number of carboxylic acids is 1. The summed E-state index contributed by atoms with van der Waals surface area (Å²) in [6.07, 6.45) is 1.17. The number of carbonyl (C=O) groups is 1. The zero-order chi connectivity index (χ0) is 15.8. The Morgan fingerprint density at radius 3 is 2.57 bits per heavy atom. The average Bonchev–Trinajstić information content (AvgIpc) is 2.77. The number of halogens is 2. The Kier molecular flexibility index (Phi) is 4.06. The Morgan fingerprint density at radius 2 is 2.05 bits per heavy atom. The Morgan fingerprint density at radius 1 is 1.38 bits per heavy atom. The SMILES string of the molecule is Cn1cc(S(=O)(=O)Nc2ccc(Br)c(F)c2)cc1C(=O)O. The predicted octanol–water partition coefficient (Wildman–Crippen LogP) is 2.43. The minimum absolute atomic E-state index is 0.0384. The highest BCUT2D eigenvalue weighted by Gasteiger charge is 2.20. The Labute approximate surface area is 128 Å². The van der Waals surface area contributed by atoms with Gasteiger partial charge in [-0.25, -0.2) is 17.6 Å². The minimum Gasteiger partial charge on any atom is -0.477 e. The van der Waals surface area contributed by atoms with Gasteiger partial charge < -0.3 is 9.67 Å². The normalized spacial score (nSPS) is 11.4. The van der Waals surface area contributed by atoms with E-state index in [2.05, 4.69) is 20.7 Å². The third-order valence-corrected chi connectivity index (χ3v) is 4.67. The monoisotopic (exact) mass is 376 g/mol. The summed E-state index contributed by atoms with van der Waals surface area (Å²) in [5.74, 6) is -1.86. The molecule has 2 N–H and O–H groups in total. The van der Waals surface area contributed by atoms with Gasteiger partial charge in [-0.3, -0.25) is 4.72 Å². The van der Waals surface area contributed by atoms with Crippen molar-refractivity contribution in [3.05, 3.63) is 46.4 Å². The fourth-order valence-electron chi connectivity index (χ4n) is 1.67. The van der Waals surface area contributed by atoms with Crippen LogP contribution in [0, 0.1) is 5.82 Å². The second-order valence-electron chi connectivity index (χ2n) is 4.21. The molecule has 0 atom stereocenters. The Hall–Kier alpha value is -1.87. The van der Waals surface area contributed by atoms with Gasteiger partial charge in [-0.05, 0) is 40.2 Å². The first-order valence-corrected chi connectivity index (χ1v) is 7.86. The molecule has 0 bridgehead atoms. The second-order valence-corrected chi connectivity index (χ2v) is 6.75. The Balaban J connectivity index is 2.36. The molecule has 1 heterocycles. The molecular weight excluding hydrogens is 367 g/mol. The van der Waals surface area contributed by atoms with Gasteiger partial charge in [0, 0.05) is 13.2 Å². The van der Waals surface area contributed by atoms with Gasteiger partial charge in [0.25, 0.3) is 10.0 Å². The summed E-state index contributed by atoms with van der Waals surface area (Å²) in [5.41, 5.74) is -0.131. The summed E-state index contributed by atoms with van der Waals surface area (Å²) in [6, 6.07) is 4.79. The van der Waals surface area contributed by atoms with Crippen molar-refractivity contribution in [2.75, 3.05) is 4.72 Å². The zero-order valence-corrected chi connectivity index (χ0v) is 13.1. The van der Waals surface area contributed by atoms with Crippen molar-refractivity contribution in [2.45, 2.75) is 4.90 Å². The molecule has 21 heavy (non-hydrogen) atoms. The molecule has 0 radical (unpaired) electrons. The third-order valence-electron chi connectivity index (χ3n) is 2.68. The number of sulfonamides is 1. The molecule has 1 aromatic heterocycles. The summed E-state index contributed by atoms with van der Waals surface area (Å²) >= 11 is 2.96. The van der Waals surface area contributed by atoms with Crippen LogP contribution in [0.3, 0.4) is 0 Å². The van der Waals surface area contributed by atoms with Crippen molar-refractivity contribution in [3.63, 3.8) is 0 Å². The van der Waals surface area contributed by atoms with Crippen LogP contribution < -0.4 is 4.72 Å². The van der Waals surface area contributed by atoms with E-state index in [4.69, 9.17) is 5.11 Å². The molecule has 6 nitrogen and oxygen atoms in total. The quantitative estimate of drug-likeness (QED) is 0.857. The van der Waals surface area contributed by atoms with Crippen LogP contribution >= 0.6 is 15.9 Å². The lowest BCUT2D eigenvalue weighted by atomic mass is 10.3. The number of aromatic nitrogens is 1. The second kappa shape index (κ2) is 5.49. The number of rotatable bonds is 4. The van der Waals surface area contributed by atoms with E-state index >= 15 is 0 Å². The lowest BCUT2D eigenvalue weighted by Gasteiger charge is -2.06. The molecule has 0 unspecified atom stereocenters. The van der Waals surface area contributed by atoms with E-state index in [1.54, 1.807) is 0 Å². The fourth-order valence-corrected chi connectivity index (χ4v) is 3.03. The number of nitrogens with zero attached hydrogens (tertiary/aromatic N) is 1. The molecule has 112 valence electrons. The van der Waals surface area contributed by atoms with Crippen molar-refractivity contribution < 1.29 is 22.7 Å². The summed E-state index contributed by atoms with van der Waals surface area (Å²) in [4.78, 5) is 10.7. The van der Waals surface area contributed by atoms with E-state index in [0.29, 0.717) is 0 Å². The van der Waals surface area contributed by atoms with Crippen LogP contribution in [0.1, 0.15) is 10.5 Å². The molecule has 0 aliphatic carbocycles. The lowest BCUT2D eigenvalue weighted by molar-refractivity contribution is 0.0686. The fraction of sp³-hybridized carbons (Fsp3) is 0.0833. The van der Waals surface area contributed by atoms with Crippen molar-refractivity contribution in [1.82, 2.24) is 4.57 Å². The highest BCUT2D eigenvalue weighted by atomic mass is 79.9. The largest absolute Gasteiger partial charge is 0.477 e. The maximum Gasteiger partial charge on any atom is 0.352 e. The summed E-state index contributed by atoms with van der Waals surface area (Å²) < 4.78 is 41.2. The Bertz CT molecular complexity index is 817. The number of aryl methyl sites for hydroxylation is 1. The molecule has 0 fully saturated rings. The first kappa shape index (κ1) is 15.5. The lowest BCUT2D eigenvalue weighted by Crippen LogP contribution is -2.12. The van der Waals surface area contributed by atoms with Crippen molar-refractivity contribution in [3.8, 4) is 0 Å². The first-order valence-electron chi connectivity index (χ1n) is 5.58. The van der Waals surface area contributed by atoms with Gasteiger partial charge in [0.15, 0.2) is 0 Å². The molecule has 0 amide bonds. The molecule has 0 saturated carbocycles. The summed E-state index contributed by atoms with van der Waals surface area (Å²) in [6.45, 7) is 0. The van der Waals surface area contributed by atoms with E-state index in [0.717, 1.165) is 12.1 Å². The average molecular weight is 377 g/mol. The van der Waals surface area contributed by atoms with E-state index in [1.165, 1.54) is 29.9 Å².